The van der Waals surface area contributed by atoms with Gasteiger partial charge in [0.15, 0.2) is 0 Å². The highest BCUT2D eigenvalue weighted by Gasteiger charge is 2.19. The Morgan fingerprint density at radius 3 is 2.42 bits per heavy atom. The molecule has 12 heavy (non-hydrogen) atoms. The lowest BCUT2D eigenvalue weighted by Crippen LogP contribution is -2.46. The number of piperazine rings is 1. The molecular formula is C8H12N2O2. The first-order chi connectivity index (χ1) is 5.77. The molecule has 0 aliphatic carbocycles. The van der Waals surface area contributed by atoms with Crippen molar-refractivity contribution in [1.82, 2.24) is 9.80 Å². The second-order valence-electron chi connectivity index (χ2n) is 2.57. The zero-order chi connectivity index (χ0) is 8.97. The number of amides is 1. The summed E-state index contributed by atoms with van der Waals surface area (Å²) in [5.41, 5.74) is 0. The summed E-state index contributed by atoms with van der Waals surface area (Å²) >= 11 is 0. The van der Waals surface area contributed by atoms with Gasteiger partial charge in [-0.05, 0) is 0 Å². The second-order valence-corrected chi connectivity index (χ2v) is 2.57. The quantitative estimate of drug-likeness (QED) is 0.476. The molecule has 0 aromatic rings. The van der Waals surface area contributed by atoms with Crippen molar-refractivity contribution >= 4 is 6.09 Å². The summed E-state index contributed by atoms with van der Waals surface area (Å²) in [5, 5.41) is 0. The molecule has 0 aromatic carbocycles. The molecule has 0 saturated carbocycles. The minimum atomic E-state index is -0.272. The fourth-order valence-corrected chi connectivity index (χ4v) is 1.15. The molecule has 1 saturated heterocycles. The van der Waals surface area contributed by atoms with Crippen LogP contribution in [0.25, 0.3) is 0 Å². The van der Waals surface area contributed by atoms with Crippen LogP contribution in [0.5, 0.6) is 0 Å². The highest BCUT2D eigenvalue weighted by Crippen LogP contribution is 2.01. The van der Waals surface area contributed by atoms with Crippen molar-refractivity contribution in [2.24, 2.45) is 0 Å². The fraction of sp³-hybridized carbons (Fsp3) is 0.625. The molecule has 0 atom stereocenters. The van der Waals surface area contributed by atoms with E-state index in [9.17, 15) is 4.79 Å². The van der Waals surface area contributed by atoms with Crippen molar-refractivity contribution in [3.8, 4) is 12.5 Å². The number of nitrogens with zero attached hydrogens (tertiary/aromatic N) is 2. The summed E-state index contributed by atoms with van der Waals surface area (Å²) in [6.07, 6.45) is 4.93. The monoisotopic (exact) mass is 168 g/mol. The molecule has 0 unspecified atom stereocenters. The molecule has 1 rings (SSSR count). The normalized spacial score (nSPS) is 17.0. The van der Waals surface area contributed by atoms with E-state index in [-0.39, 0.29) is 6.09 Å². The minimum absolute atomic E-state index is 0.272. The van der Waals surface area contributed by atoms with Crippen molar-refractivity contribution in [2.75, 3.05) is 33.3 Å². The predicted molar refractivity (Wildman–Crippen MR) is 44.4 cm³/mol. The van der Waals surface area contributed by atoms with E-state index in [1.807, 2.05) is 4.90 Å². The Balaban J connectivity index is 2.37. The van der Waals surface area contributed by atoms with E-state index in [0.29, 0.717) is 13.1 Å². The van der Waals surface area contributed by atoms with Gasteiger partial charge in [0.25, 0.3) is 0 Å². The first-order valence-corrected chi connectivity index (χ1v) is 3.82. The van der Waals surface area contributed by atoms with E-state index in [2.05, 4.69) is 10.8 Å². The molecule has 0 radical (unpaired) electrons. The molecule has 1 aliphatic heterocycles. The standard InChI is InChI=1S/C8H12N2O2/c1-3-9-4-6-10(7-5-9)8(11)12-2/h1H,4-7H2,2H3. The van der Waals surface area contributed by atoms with Gasteiger partial charge in [-0.1, -0.05) is 6.42 Å². The summed E-state index contributed by atoms with van der Waals surface area (Å²) in [6.45, 7) is 2.75. The van der Waals surface area contributed by atoms with Gasteiger partial charge in [0, 0.05) is 32.2 Å². The minimum Gasteiger partial charge on any atom is -0.453 e. The van der Waals surface area contributed by atoms with Crippen LogP contribution in [0.3, 0.4) is 0 Å². The molecule has 4 heteroatoms. The number of ether oxygens (including phenoxy) is 1. The van der Waals surface area contributed by atoms with Crippen LogP contribution in [-0.4, -0.2) is 49.2 Å². The maximum atomic E-state index is 11.0. The molecule has 4 nitrogen and oxygen atoms in total. The van der Waals surface area contributed by atoms with Crippen molar-refractivity contribution in [3.63, 3.8) is 0 Å². The van der Waals surface area contributed by atoms with Crippen LogP contribution < -0.4 is 0 Å². The summed E-state index contributed by atoms with van der Waals surface area (Å²) in [4.78, 5) is 14.5. The van der Waals surface area contributed by atoms with Gasteiger partial charge in [-0.15, -0.1) is 0 Å². The van der Waals surface area contributed by atoms with Gasteiger partial charge in [0.2, 0.25) is 0 Å². The summed E-state index contributed by atoms with van der Waals surface area (Å²) in [6, 6.07) is 2.54. The lowest BCUT2D eigenvalue weighted by atomic mass is 10.3. The Labute approximate surface area is 72.1 Å². The van der Waals surface area contributed by atoms with E-state index in [1.54, 1.807) is 4.90 Å². The molecule has 0 bridgehead atoms. The van der Waals surface area contributed by atoms with Crippen molar-refractivity contribution in [1.29, 1.82) is 0 Å². The summed E-state index contributed by atoms with van der Waals surface area (Å²) < 4.78 is 4.58. The molecule has 1 aliphatic rings. The molecule has 0 N–H and O–H groups in total. The maximum Gasteiger partial charge on any atom is 0.409 e. The average molecular weight is 168 g/mol. The summed E-state index contributed by atoms with van der Waals surface area (Å²) in [5.74, 6) is 0. The lowest BCUT2D eigenvalue weighted by Gasteiger charge is -2.31. The van der Waals surface area contributed by atoms with Crippen molar-refractivity contribution in [2.45, 2.75) is 0 Å². The van der Waals surface area contributed by atoms with Crippen LogP contribution in [-0.2, 0) is 4.74 Å². The fourth-order valence-electron chi connectivity index (χ4n) is 1.15. The van der Waals surface area contributed by atoms with Crippen LogP contribution in [0.4, 0.5) is 4.79 Å². The van der Waals surface area contributed by atoms with E-state index in [0.717, 1.165) is 13.1 Å². The zero-order valence-electron chi connectivity index (χ0n) is 7.12. The van der Waals surface area contributed by atoms with Gasteiger partial charge in [-0.3, -0.25) is 0 Å². The van der Waals surface area contributed by atoms with Gasteiger partial charge in [0.1, 0.15) is 0 Å². The average Bonchev–Trinajstić information content (AvgIpc) is 2.17. The first-order valence-electron chi connectivity index (χ1n) is 3.82. The molecule has 1 fully saturated rings. The number of terminal acetylenes is 1. The number of carbonyl (C=O) groups excluding carboxylic acids is 1. The first kappa shape index (κ1) is 8.72. The smallest absolute Gasteiger partial charge is 0.409 e. The third-order valence-corrected chi connectivity index (χ3v) is 1.90. The largest absolute Gasteiger partial charge is 0.453 e. The van der Waals surface area contributed by atoms with Crippen LogP contribution in [0.15, 0.2) is 0 Å². The van der Waals surface area contributed by atoms with Gasteiger partial charge in [-0.25, -0.2) is 4.79 Å². The Hall–Kier alpha value is -1.37. The van der Waals surface area contributed by atoms with E-state index >= 15 is 0 Å². The highest BCUT2D eigenvalue weighted by molar-refractivity contribution is 5.67. The summed E-state index contributed by atoms with van der Waals surface area (Å²) in [7, 11) is 1.38. The Morgan fingerprint density at radius 1 is 1.42 bits per heavy atom. The van der Waals surface area contributed by atoms with Crippen LogP contribution in [0.1, 0.15) is 0 Å². The molecule has 1 amide bonds. The van der Waals surface area contributed by atoms with E-state index < -0.39 is 0 Å². The second kappa shape index (κ2) is 3.86. The van der Waals surface area contributed by atoms with Crippen LogP contribution >= 0.6 is 0 Å². The van der Waals surface area contributed by atoms with Crippen LogP contribution in [0.2, 0.25) is 0 Å². The Bertz CT molecular complexity index is 202. The molecule has 0 aromatic heterocycles. The van der Waals surface area contributed by atoms with E-state index in [4.69, 9.17) is 6.42 Å². The Morgan fingerprint density at radius 2 is 2.00 bits per heavy atom. The van der Waals surface area contributed by atoms with Gasteiger partial charge < -0.3 is 14.5 Å². The topological polar surface area (TPSA) is 32.8 Å². The van der Waals surface area contributed by atoms with Gasteiger partial charge in [0.05, 0.1) is 7.11 Å². The number of methoxy groups -OCH3 is 1. The van der Waals surface area contributed by atoms with Crippen molar-refractivity contribution in [3.05, 3.63) is 0 Å². The van der Waals surface area contributed by atoms with Crippen LogP contribution in [0, 0.1) is 12.5 Å². The third kappa shape index (κ3) is 1.82. The number of hydrogen-bond acceptors (Lipinski definition) is 3. The van der Waals surface area contributed by atoms with E-state index in [1.165, 1.54) is 7.11 Å². The molecular weight excluding hydrogens is 156 g/mol. The highest BCUT2D eigenvalue weighted by atomic mass is 16.5. The lowest BCUT2D eigenvalue weighted by molar-refractivity contribution is 0.104. The number of hydrogen-bond donors (Lipinski definition) is 0. The Kier molecular flexibility index (Phi) is 2.81. The van der Waals surface area contributed by atoms with Gasteiger partial charge >= 0.3 is 6.09 Å². The molecule has 0 spiro atoms. The molecule has 1 heterocycles. The SMILES string of the molecule is C#CN1CCN(C(=O)OC)CC1. The predicted octanol–water partition coefficient (Wildman–Crippen LogP) is -0.0389. The number of rotatable bonds is 0. The maximum absolute atomic E-state index is 11.0. The molecule has 66 valence electrons. The third-order valence-electron chi connectivity index (χ3n) is 1.90. The zero-order valence-corrected chi connectivity index (χ0v) is 7.12. The number of carbonyl (C=O) groups is 1. The van der Waals surface area contributed by atoms with Crippen molar-refractivity contribution < 1.29 is 9.53 Å². The van der Waals surface area contributed by atoms with Gasteiger partial charge in [-0.2, -0.15) is 0 Å².